The second kappa shape index (κ2) is 7.40. The summed E-state index contributed by atoms with van der Waals surface area (Å²) in [5.74, 6) is 0.887. The van der Waals surface area contributed by atoms with Gasteiger partial charge in [0.25, 0.3) is 5.56 Å². The van der Waals surface area contributed by atoms with Crippen molar-refractivity contribution in [3.8, 4) is 5.75 Å². The second-order valence-corrected chi connectivity index (χ2v) is 7.14. The van der Waals surface area contributed by atoms with E-state index >= 15 is 0 Å². The molecule has 1 fully saturated rings. The summed E-state index contributed by atoms with van der Waals surface area (Å²) in [7, 11) is 1.70. The molecular weight excluding hydrogens is 340 g/mol. The molecule has 1 aliphatic rings. The van der Waals surface area contributed by atoms with E-state index in [2.05, 4.69) is 22.0 Å². The average Bonchev–Trinajstić information content (AvgIpc) is 2.69. The first kappa shape index (κ1) is 17.5. The number of hydrogen-bond acceptors (Lipinski definition) is 4. The van der Waals surface area contributed by atoms with Gasteiger partial charge in [-0.3, -0.25) is 9.20 Å². The van der Waals surface area contributed by atoms with Crippen molar-refractivity contribution in [3.05, 3.63) is 70.3 Å². The summed E-state index contributed by atoms with van der Waals surface area (Å²) >= 11 is 0. The second-order valence-electron chi connectivity index (χ2n) is 7.14. The molecule has 1 saturated heterocycles. The quantitative estimate of drug-likeness (QED) is 0.747. The normalized spacial score (nSPS) is 15.3. The molecule has 27 heavy (non-hydrogen) atoms. The Hall–Kier alpha value is -2.86. The molecule has 4 rings (SSSR count). The van der Waals surface area contributed by atoms with Crippen molar-refractivity contribution in [2.75, 3.05) is 38.2 Å². The predicted molar refractivity (Wildman–Crippen MR) is 106 cm³/mol. The Kier molecular flexibility index (Phi) is 4.81. The van der Waals surface area contributed by atoms with Crippen molar-refractivity contribution in [3.63, 3.8) is 0 Å². The van der Waals surface area contributed by atoms with Crippen LogP contribution in [-0.4, -0.2) is 42.7 Å². The summed E-state index contributed by atoms with van der Waals surface area (Å²) < 4.78 is 6.95. The largest absolute Gasteiger partial charge is 0.497 e. The summed E-state index contributed by atoms with van der Waals surface area (Å²) in [4.78, 5) is 20.9. The van der Waals surface area contributed by atoms with Crippen LogP contribution in [0.3, 0.4) is 0 Å². The van der Waals surface area contributed by atoms with E-state index in [1.54, 1.807) is 17.6 Å². The van der Waals surface area contributed by atoms with E-state index in [-0.39, 0.29) is 5.56 Å². The molecule has 3 heterocycles. The zero-order valence-electron chi connectivity index (χ0n) is 15.8. The molecule has 0 saturated carbocycles. The lowest BCUT2D eigenvalue weighted by atomic mass is 10.2. The van der Waals surface area contributed by atoms with Gasteiger partial charge in [0.05, 0.1) is 33.3 Å². The maximum Gasteiger partial charge on any atom is 0.258 e. The third kappa shape index (κ3) is 3.80. The van der Waals surface area contributed by atoms with Crippen LogP contribution in [-0.2, 0) is 6.54 Å². The monoisotopic (exact) mass is 365 g/mol. The van der Waals surface area contributed by atoms with Crippen LogP contribution < -0.4 is 20.1 Å². The number of piperazine rings is 1. The van der Waals surface area contributed by atoms with Crippen LogP contribution in [0.15, 0.2) is 53.5 Å². The van der Waals surface area contributed by atoms with Gasteiger partial charge in [-0.15, -0.1) is 0 Å². The highest BCUT2D eigenvalue weighted by Crippen LogP contribution is 2.20. The van der Waals surface area contributed by atoms with E-state index in [9.17, 15) is 4.79 Å². The van der Waals surface area contributed by atoms with Crippen LogP contribution in [0.1, 0.15) is 11.3 Å². The molecule has 0 radical (unpaired) electrons. The van der Waals surface area contributed by atoms with Gasteiger partial charge in [0.15, 0.2) is 0 Å². The fourth-order valence-electron chi connectivity index (χ4n) is 3.67. The molecule has 0 unspecified atom stereocenters. The first-order chi connectivity index (χ1) is 13.1. The molecule has 0 bridgehead atoms. The van der Waals surface area contributed by atoms with Gasteiger partial charge in [0.1, 0.15) is 23.6 Å². The van der Waals surface area contributed by atoms with E-state index in [0.29, 0.717) is 0 Å². The van der Waals surface area contributed by atoms with Gasteiger partial charge in [-0.1, -0.05) is 12.1 Å². The number of anilines is 1. The van der Waals surface area contributed by atoms with Gasteiger partial charge in [-0.05, 0) is 30.7 Å². The Labute approximate surface area is 158 Å². The first-order valence-corrected chi connectivity index (χ1v) is 9.34. The SMILES string of the molecule is COc1cccc(N2CC[NH+](Cc3cc(=O)n4cc(C)ccc4n3)CC2)c1. The number of pyridine rings is 1. The summed E-state index contributed by atoms with van der Waals surface area (Å²) in [6.07, 6.45) is 1.84. The van der Waals surface area contributed by atoms with E-state index in [4.69, 9.17) is 4.74 Å². The van der Waals surface area contributed by atoms with Crippen molar-refractivity contribution >= 4 is 11.3 Å². The van der Waals surface area contributed by atoms with Crippen LogP contribution >= 0.6 is 0 Å². The van der Waals surface area contributed by atoms with Crippen molar-refractivity contribution in [2.24, 2.45) is 0 Å². The van der Waals surface area contributed by atoms with Crippen molar-refractivity contribution < 1.29 is 9.64 Å². The topological polar surface area (TPSA) is 51.3 Å². The van der Waals surface area contributed by atoms with Gasteiger partial charge in [-0.25, -0.2) is 4.98 Å². The van der Waals surface area contributed by atoms with Gasteiger partial charge in [-0.2, -0.15) is 0 Å². The number of hydrogen-bond donors (Lipinski definition) is 1. The van der Waals surface area contributed by atoms with E-state index in [1.807, 2.05) is 37.4 Å². The van der Waals surface area contributed by atoms with E-state index in [1.165, 1.54) is 10.6 Å². The first-order valence-electron chi connectivity index (χ1n) is 9.34. The molecule has 1 aromatic carbocycles. The lowest BCUT2D eigenvalue weighted by Gasteiger charge is -2.33. The highest BCUT2D eigenvalue weighted by molar-refractivity contribution is 5.50. The molecule has 0 amide bonds. The molecule has 1 aliphatic heterocycles. The molecule has 1 N–H and O–H groups in total. The van der Waals surface area contributed by atoms with Gasteiger partial charge >= 0.3 is 0 Å². The number of nitrogens with zero attached hydrogens (tertiary/aromatic N) is 3. The molecule has 0 aliphatic carbocycles. The Morgan fingerprint density at radius 1 is 1.15 bits per heavy atom. The minimum atomic E-state index is -0.00637. The Morgan fingerprint density at radius 2 is 1.96 bits per heavy atom. The average molecular weight is 365 g/mol. The summed E-state index contributed by atoms with van der Waals surface area (Å²) in [6.45, 7) is 6.76. The summed E-state index contributed by atoms with van der Waals surface area (Å²) in [6, 6.07) is 13.8. The number of nitrogens with one attached hydrogen (secondary N) is 1. The van der Waals surface area contributed by atoms with Crippen LogP contribution in [0.2, 0.25) is 0 Å². The standard InChI is InChI=1S/C21H24N4O2/c1-16-6-7-20-22-17(12-21(26)25(20)14-16)15-23-8-10-24(11-9-23)18-4-3-5-19(13-18)27-2/h3-7,12-14H,8-11,15H2,1-2H3/p+1. The minimum Gasteiger partial charge on any atom is -0.497 e. The zero-order valence-corrected chi connectivity index (χ0v) is 15.8. The van der Waals surface area contributed by atoms with Gasteiger partial charge in [0.2, 0.25) is 0 Å². The summed E-state index contributed by atoms with van der Waals surface area (Å²) in [5.41, 5.74) is 3.84. The number of aryl methyl sites for hydroxylation is 1. The van der Waals surface area contributed by atoms with Crippen LogP contribution in [0.5, 0.6) is 5.75 Å². The zero-order chi connectivity index (χ0) is 18.8. The fraction of sp³-hybridized carbons (Fsp3) is 0.333. The molecule has 2 aromatic heterocycles. The Bertz CT molecular complexity index is 1010. The van der Waals surface area contributed by atoms with Crippen molar-refractivity contribution in [1.29, 1.82) is 0 Å². The highest BCUT2D eigenvalue weighted by Gasteiger charge is 2.21. The Morgan fingerprint density at radius 3 is 2.74 bits per heavy atom. The number of methoxy groups -OCH3 is 1. The van der Waals surface area contributed by atoms with Gasteiger partial charge in [0, 0.05) is 24.0 Å². The maximum atomic E-state index is 12.4. The van der Waals surface area contributed by atoms with Crippen molar-refractivity contribution in [2.45, 2.75) is 13.5 Å². The fourth-order valence-corrected chi connectivity index (χ4v) is 3.67. The molecule has 6 nitrogen and oxygen atoms in total. The maximum absolute atomic E-state index is 12.4. The van der Waals surface area contributed by atoms with E-state index in [0.717, 1.165) is 55.4 Å². The lowest BCUT2D eigenvalue weighted by molar-refractivity contribution is -0.914. The van der Waals surface area contributed by atoms with Gasteiger partial charge < -0.3 is 14.5 Å². The Balaban J connectivity index is 1.44. The number of fused-ring (bicyclic) bond motifs is 1. The van der Waals surface area contributed by atoms with Crippen LogP contribution in [0.4, 0.5) is 5.69 Å². The predicted octanol–water partition coefficient (Wildman–Crippen LogP) is 0.917. The van der Waals surface area contributed by atoms with Crippen LogP contribution in [0.25, 0.3) is 5.65 Å². The molecular formula is C21H25N4O2+. The van der Waals surface area contributed by atoms with Crippen molar-refractivity contribution in [1.82, 2.24) is 9.38 Å². The third-order valence-corrected chi connectivity index (χ3v) is 5.18. The lowest BCUT2D eigenvalue weighted by Crippen LogP contribution is -3.13. The molecule has 140 valence electrons. The molecule has 0 spiro atoms. The molecule has 0 atom stereocenters. The summed E-state index contributed by atoms with van der Waals surface area (Å²) in [5, 5.41) is 0. The number of benzene rings is 1. The molecule has 6 heteroatoms. The minimum absolute atomic E-state index is 0.00637. The smallest absolute Gasteiger partial charge is 0.258 e. The number of aromatic nitrogens is 2. The number of rotatable bonds is 4. The van der Waals surface area contributed by atoms with E-state index < -0.39 is 0 Å². The third-order valence-electron chi connectivity index (χ3n) is 5.18. The number of ether oxygens (including phenoxy) is 1. The molecule has 3 aromatic rings. The highest BCUT2D eigenvalue weighted by atomic mass is 16.5. The van der Waals surface area contributed by atoms with Crippen LogP contribution in [0, 0.1) is 6.92 Å². The number of quaternary nitrogens is 1.